The molecule has 4 heteroatoms. The SMILES string of the molecule is CC(C)(C)OC(=O)C1c2ccccc2NC1COCc1ccccc1. The standard InChI is InChI=1S/C21H25NO3/c1-21(2,3)25-20(23)19-16-11-7-8-12-17(16)22-18(19)14-24-13-15-9-5-4-6-10-15/h4-12,18-19,22H,13-14H2,1-3H3. The van der Waals surface area contributed by atoms with Gasteiger partial charge in [-0.15, -0.1) is 0 Å². The molecule has 25 heavy (non-hydrogen) atoms. The highest BCUT2D eigenvalue weighted by molar-refractivity contribution is 5.85. The normalized spacial score (nSPS) is 19.2. The molecule has 0 aliphatic carbocycles. The molecule has 0 bridgehead atoms. The fraction of sp³-hybridized carbons (Fsp3) is 0.381. The third kappa shape index (κ3) is 4.40. The summed E-state index contributed by atoms with van der Waals surface area (Å²) in [5.74, 6) is -0.565. The molecule has 2 unspecified atom stereocenters. The van der Waals surface area contributed by atoms with E-state index in [0.29, 0.717) is 13.2 Å². The minimum Gasteiger partial charge on any atom is -0.459 e. The van der Waals surface area contributed by atoms with Crippen molar-refractivity contribution in [3.63, 3.8) is 0 Å². The zero-order valence-electron chi connectivity index (χ0n) is 15.0. The summed E-state index contributed by atoms with van der Waals surface area (Å²) in [6.07, 6.45) is 0. The van der Waals surface area contributed by atoms with Crippen LogP contribution < -0.4 is 5.32 Å². The Bertz CT molecular complexity index is 721. The van der Waals surface area contributed by atoms with Gasteiger partial charge in [0.1, 0.15) is 11.5 Å². The smallest absolute Gasteiger partial charge is 0.316 e. The topological polar surface area (TPSA) is 47.6 Å². The molecule has 0 aromatic heterocycles. The van der Waals surface area contributed by atoms with Crippen molar-refractivity contribution in [1.29, 1.82) is 0 Å². The van der Waals surface area contributed by atoms with Gasteiger partial charge in [0.15, 0.2) is 0 Å². The van der Waals surface area contributed by atoms with E-state index in [1.165, 1.54) is 0 Å². The van der Waals surface area contributed by atoms with E-state index in [0.717, 1.165) is 16.8 Å². The van der Waals surface area contributed by atoms with E-state index < -0.39 is 5.60 Å². The number of benzene rings is 2. The van der Waals surface area contributed by atoms with Gasteiger partial charge in [0.05, 0.1) is 19.3 Å². The molecule has 3 rings (SSSR count). The van der Waals surface area contributed by atoms with Gasteiger partial charge in [0, 0.05) is 5.69 Å². The van der Waals surface area contributed by atoms with Gasteiger partial charge in [-0.1, -0.05) is 48.5 Å². The molecule has 1 heterocycles. The Morgan fingerprint density at radius 3 is 2.44 bits per heavy atom. The number of hydrogen-bond acceptors (Lipinski definition) is 4. The number of carbonyl (C=O) groups excluding carboxylic acids is 1. The van der Waals surface area contributed by atoms with Crippen LogP contribution in [0.5, 0.6) is 0 Å². The Hall–Kier alpha value is -2.33. The van der Waals surface area contributed by atoms with Crippen LogP contribution in [0.1, 0.15) is 37.8 Å². The van der Waals surface area contributed by atoms with Crippen LogP contribution in [-0.2, 0) is 20.9 Å². The van der Waals surface area contributed by atoms with Crippen LogP contribution >= 0.6 is 0 Å². The van der Waals surface area contributed by atoms with Gasteiger partial charge in [0.25, 0.3) is 0 Å². The molecule has 0 saturated heterocycles. The number of nitrogens with one attached hydrogen (secondary N) is 1. The molecule has 1 aliphatic rings. The van der Waals surface area contributed by atoms with Crippen LogP contribution in [0.4, 0.5) is 5.69 Å². The number of ether oxygens (including phenoxy) is 2. The Balaban J connectivity index is 1.70. The van der Waals surface area contributed by atoms with Crippen molar-refractivity contribution in [3.05, 3.63) is 65.7 Å². The number of carbonyl (C=O) groups is 1. The maximum absolute atomic E-state index is 12.7. The number of fused-ring (bicyclic) bond motifs is 1. The summed E-state index contributed by atoms with van der Waals surface area (Å²) in [6.45, 7) is 6.63. The van der Waals surface area contributed by atoms with Gasteiger partial charge in [-0.25, -0.2) is 0 Å². The van der Waals surface area contributed by atoms with Gasteiger partial charge < -0.3 is 14.8 Å². The lowest BCUT2D eigenvalue weighted by molar-refractivity contribution is -0.157. The van der Waals surface area contributed by atoms with Gasteiger partial charge in [0.2, 0.25) is 0 Å². The number of para-hydroxylation sites is 1. The van der Waals surface area contributed by atoms with Crippen molar-refractivity contribution in [2.45, 2.75) is 44.9 Å². The van der Waals surface area contributed by atoms with Crippen molar-refractivity contribution in [3.8, 4) is 0 Å². The Morgan fingerprint density at radius 2 is 1.72 bits per heavy atom. The van der Waals surface area contributed by atoms with Crippen LogP contribution in [0.2, 0.25) is 0 Å². The van der Waals surface area contributed by atoms with Crippen molar-refractivity contribution in [1.82, 2.24) is 0 Å². The molecule has 1 aliphatic heterocycles. The molecule has 0 amide bonds. The third-order valence-electron chi connectivity index (χ3n) is 4.11. The number of esters is 1. The van der Waals surface area contributed by atoms with E-state index in [1.807, 2.05) is 75.4 Å². The predicted molar refractivity (Wildman–Crippen MR) is 98.5 cm³/mol. The quantitative estimate of drug-likeness (QED) is 0.832. The lowest BCUT2D eigenvalue weighted by Crippen LogP contribution is -2.35. The Morgan fingerprint density at radius 1 is 1.04 bits per heavy atom. The summed E-state index contributed by atoms with van der Waals surface area (Å²) in [4.78, 5) is 12.7. The molecular formula is C21H25NO3. The van der Waals surface area contributed by atoms with E-state index in [1.54, 1.807) is 0 Å². The van der Waals surface area contributed by atoms with Crippen molar-refractivity contribution < 1.29 is 14.3 Å². The van der Waals surface area contributed by atoms with Crippen LogP contribution in [-0.4, -0.2) is 24.2 Å². The highest BCUT2D eigenvalue weighted by Crippen LogP contribution is 2.37. The molecule has 0 spiro atoms. The van der Waals surface area contributed by atoms with E-state index in [-0.39, 0.29) is 17.9 Å². The van der Waals surface area contributed by atoms with E-state index in [2.05, 4.69) is 5.32 Å². The predicted octanol–water partition coefficient (Wildman–Crippen LogP) is 4.12. The fourth-order valence-corrected chi connectivity index (χ4v) is 3.07. The number of hydrogen-bond donors (Lipinski definition) is 1. The van der Waals surface area contributed by atoms with Crippen molar-refractivity contribution in [2.75, 3.05) is 11.9 Å². The van der Waals surface area contributed by atoms with Crippen LogP contribution in [0.3, 0.4) is 0 Å². The minimum absolute atomic E-state index is 0.129. The van der Waals surface area contributed by atoms with Crippen molar-refractivity contribution in [2.24, 2.45) is 0 Å². The molecule has 2 aromatic carbocycles. The lowest BCUT2D eigenvalue weighted by atomic mass is 9.95. The molecule has 0 radical (unpaired) electrons. The van der Waals surface area contributed by atoms with Crippen LogP contribution in [0, 0.1) is 0 Å². The Labute approximate surface area is 149 Å². The second kappa shape index (κ2) is 7.28. The zero-order valence-corrected chi connectivity index (χ0v) is 15.0. The summed E-state index contributed by atoms with van der Waals surface area (Å²) >= 11 is 0. The average Bonchev–Trinajstić information content (AvgIpc) is 2.92. The fourth-order valence-electron chi connectivity index (χ4n) is 3.07. The molecular weight excluding hydrogens is 314 g/mol. The second-order valence-corrected chi connectivity index (χ2v) is 7.35. The summed E-state index contributed by atoms with van der Waals surface area (Å²) in [5, 5.41) is 3.41. The molecule has 0 saturated carbocycles. The first-order chi connectivity index (χ1) is 11.9. The van der Waals surface area contributed by atoms with E-state index in [4.69, 9.17) is 9.47 Å². The highest BCUT2D eigenvalue weighted by atomic mass is 16.6. The first kappa shape index (κ1) is 17.5. The number of anilines is 1. The lowest BCUT2D eigenvalue weighted by Gasteiger charge is -2.25. The number of rotatable bonds is 5. The average molecular weight is 339 g/mol. The van der Waals surface area contributed by atoms with Gasteiger partial charge in [-0.05, 0) is 38.0 Å². The van der Waals surface area contributed by atoms with Crippen LogP contribution in [0.25, 0.3) is 0 Å². The maximum atomic E-state index is 12.7. The first-order valence-electron chi connectivity index (χ1n) is 8.64. The maximum Gasteiger partial charge on any atom is 0.316 e. The minimum atomic E-state index is -0.510. The molecule has 1 N–H and O–H groups in total. The molecule has 2 atom stereocenters. The summed E-state index contributed by atoms with van der Waals surface area (Å²) in [6, 6.07) is 17.8. The van der Waals surface area contributed by atoms with E-state index >= 15 is 0 Å². The second-order valence-electron chi connectivity index (χ2n) is 7.35. The monoisotopic (exact) mass is 339 g/mol. The first-order valence-corrected chi connectivity index (χ1v) is 8.64. The van der Waals surface area contributed by atoms with Gasteiger partial charge in [-0.2, -0.15) is 0 Å². The van der Waals surface area contributed by atoms with Crippen molar-refractivity contribution >= 4 is 11.7 Å². The molecule has 132 valence electrons. The zero-order chi connectivity index (χ0) is 17.9. The molecule has 2 aromatic rings. The summed E-state index contributed by atoms with van der Waals surface area (Å²) < 4.78 is 11.5. The largest absolute Gasteiger partial charge is 0.459 e. The molecule has 0 fully saturated rings. The third-order valence-corrected chi connectivity index (χ3v) is 4.11. The van der Waals surface area contributed by atoms with Crippen LogP contribution in [0.15, 0.2) is 54.6 Å². The van der Waals surface area contributed by atoms with Gasteiger partial charge in [-0.3, -0.25) is 4.79 Å². The molecule has 4 nitrogen and oxygen atoms in total. The summed E-state index contributed by atoms with van der Waals surface area (Å²) in [7, 11) is 0. The van der Waals surface area contributed by atoms with E-state index in [9.17, 15) is 4.79 Å². The van der Waals surface area contributed by atoms with Gasteiger partial charge >= 0.3 is 5.97 Å². The Kier molecular flexibility index (Phi) is 5.09. The summed E-state index contributed by atoms with van der Waals surface area (Å²) in [5.41, 5.74) is 2.56. The highest BCUT2D eigenvalue weighted by Gasteiger charge is 2.39.